The molecule has 0 radical (unpaired) electrons. The Kier molecular flexibility index (Phi) is 3.95. The number of aromatic nitrogens is 1. The molecule has 21 heavy (non-hydrogen) atoms. The summed E-state index contributed by atoms with van der Waals surface area (Å²) in [6, 6.07) is 4.33. The lowest BCUT2D eigenvalue weighted by molar-refractivity contribution is 0.399. The van der Waals surface area contributed by atoms with Crippen LogP contribution in [0.5, 0.6) is 5.88 Å². The first-order chi connectivity index (χ1) is 10.1. The normalized spacial score (nSPS) is 16.7. The van der Waals surface area contributed by atoms with Crippen LogP contribution in [0.1, 0.15) is 22.9 Å². The van der Waals surface area contributed by atoms with Gasteiger partial charge in [0.05, 0.1) is 23.2 Å². The number of methoxy groups -OCH3 is 1. The summed E-state index contributed by atoms with van der Waals surface area (Å²) in [5, 5.41) is 3.60. The highest BCUT2D eigenvalue weighted by atomic mass is 35.5. The SMILES string of the molecule is COc1nccc(N(C)C)c1NC1CCc2sc(Cl)cc21. The van der Waals surface area contributed by atoms with Gasteiger partial charge in [0.15, 0.2) is 0 Å². The fraction of sp³-hybridized carbons (Fsp3) is 0.400. The topological polar surface area (TPSA) is 37.4 Å². The van der Waals surface area contributed by atoms with E-state index in [0.717, 1.165) is 28.6 Å². The van der Waals surface area contributed by atoms with Crippen molar-refractivity contribution < 1.29 is 4.74 Å². The average molecular weight is 324 g/mol. The van der Waals surface area contributed by atoms with E-state index in [1.54, 1.807) is 24.6 Å². The molecule has 0 bridgehead atoms. The smallest absolute Gasteiger partial charge is 0.239 e. The van der Waals surface area contributed by atoms with Crippen molar-refractivity contribution in [3.63, 3.8) is 0 Å². The van der Waals surface area contributed by atoms with Gasteiger partial charge in [-0.2, -0.15) is 0 Å². The van der Waals surface area contributed by atoms with Gasteiger partial charge in [0, 0.05) is 25.2 Å². The molecule has 1 unspecified atom stereocenters. The molecule has 2 aromatic rings. The number of fused-ring (bicyclic) bond motifs is 1. The molecule has 0 aromatic carbocycles. The van der Waals surface area contributed by atoms with Crippen LogP contribution in [0.25, 0.3) is 0 Å². The third-order valence-corrected chi connectivity index (χ3v) is 5.07. The van der Waals surface area contributed by atoms with E-state index < -0.39 is 0 Å². The van der Waals surface area contributed by atoms with E-state index in [1.807, 2.05) is 20.2 Å². The van der Waals surface area contributed by atoms with Gasteiger partial charge in [0.1, 0.15) is 5.69 Å². The molecule has 0 saturated carbocycles. The largest absolute Gasteiger partial charge is 0.479 e. The van der Waals surface area contributed by atoms with E-state index in [0.29, 0.717) is 5.88 Å². The summed E-state index contributed by atoms with van der Waals surface area (Å²) in [5.41, 5.74) is 3.31. The quantitative estimate of drug-likeness (QED) is 0.923. The Hall–Kier alpha value is -1.46. The lowest BCUT2D eigenvalue weighted by atomic mass is 10.1. The Morgan fingerprint density at radius 1 is 1.48 bits per heavy atom. The molecule has 6 heteroatoms. The fourth-order valence-electron chi connectivity index (χ4n) is 2.75. The van der Waals surface area contributed by atoms with E-state index in [4.69, 9.17) is 16.3 Å². The first-order valence-corrected chi connectivity index (χ1v) is 8.04. The lowest BCUT2D eigenvalue weighted by Gasteiger charge is -2.23. The zero-order valence-corrected chi connectivity index (χ0v) is 13.9. The van der Waals surface area contributed by atoms with Crippen molar-refractivity contribution in [1.82, 2.24) is 4.98 Å². The van der Waals surface area contributed by atoms with Crippen LogP contribution in [0.2, 0.25) is 4.34 Å². The molecule has 0 saturated heterocycles. The van der Waals surface area contributed by atoms with Crippen LogP contribution in [0.15, 0.2) is 18.3 Å². The van der Waals surface area contributed by atoms with Gasteiger partial charge in [-0.05, 0) is 30.5 Å². The summed E-state index contributed by atoms with van der Waals surface area (Å²) in [7, 11) is 5.68. The average Bonchev–Trinajstić information content (AvgIpc) is 2.99. The summed E-state index contributed by atoms with van der Waals surface area (Å²) in [6.07, 6.45) is 3.91. The van der Waals surface area contributed by atoms with Gasteiger partial charge in [-0.3, -0.25) is 0 Å². The van der Waals surface area contributed by atoms with Crippen LogP contribution in [0.4, 0.5) is 11.4 Å². The van der Waals surface area contributed by atoms with Crippen molar-refractivity contribution in [2.45, 2.75) is 18.9 Å². The molecule has 0 fully saturated rings. The van der Waals surface area contributed by atoms with E-state index in [-0.39, 0.29) is 6.04 Å². The minimum Gasteiger partial charge on any atom is -0.479 e. The van der Waals surface area contributed by atoms with Crippen LogP contribution in [0, 0.1) is 0 Å². The van der Waals surface area contributed by atoms with Crippen LogP contribution in [-0.4, -0.2) is 26.2 Å². The lowest BCUT2D eigenvalue weighted by Crippen LogP contribution is -2.15. The number of halogens is 1. The molecule has 0 amide bonds. The minimum absolute atomic E-state index is 0.264. The van der Waals surface area contributed by atoms with E-state index in [2.05, 4.69) is 21.3 Å². The first-order valence-electron chi connectivity index (χ1n) is 6.85. The Bertz CT molecular complexity index is 656. The molecule has 4 nitrogen and oxygen atoms in total. The van der Waals surface area contributed by atoms with E-state index >= 15 is 0 Å². The molecule has 1 aliphatic carbocycles. The van der Waals surface area contributed by atoms with Crippen molar-refractivity contribution in [3.8, 4) is 5.88 Å². The summed E-state index contributed by atoms with van der Waals surface area (Å²) in [5.74, 6) is 0.621. The maximum absolute atomic E-state index is 6.13. The highest BCUT2D eigenvalue weighted by molar-refractivity contribution is 7.16. The van der Waals surface area contributed by atoms with Crippen LogP contribution >= 0.6 is 22.9 Å². The Balaban J connectivity index is 1.95. The Morgan fingerprint density at radius 2 is 2.29 bits per heavy atom. The second-order valence-corrected chi connectivity index (χ2v) is 7.04. The van der Waals surface area contributed by atoms with E-state index in [1.165, 1.54) is 10.4 Å². The van der Waals surface area contributed by atoms with Gasteiger partial charge >= 0.3 is 0 Å². The summed E-state index contributed by atoms with van der Waals surface area (Å²) >= 11 is 7.81. The molecule has 2 heterocycles. The second kappa shape index (κ2) is 5.73. The highest BCUT2D eigenvalue weighted by Crippen LogP contribution is 2.43. The first kappa shape index (κ1) is 14.5. The number of ether oxygens (including phenoxy) is 1. The molecule has 2 aromatic heterocycles. The van der Waals surface area contributed by atoms with Crippen molar-refractivity contribution in [1.29, 1.82) is 0 Å². The van der Waals surface area contributed by atoms with Crippen LogP contribution in [0.3, 0.4) is 0 Å². The van der Waals surface area contributed by atoms with Crippen LogP contribution in [-0.2, 0) is 6.42 Å². The fourth-order valence-corrected chi connectivity index (χ4v) is 4.11. The zero-order chi connectivity index (χ0) is 15.0. The van der Waals surface area contributed by atoms with Crippen molar-refractivity contribution in [2.24, 2.45) is 0 Å². The molecule has 0 spiro atoms. The Morgan fingerprint density at radius 3 is 3.00 bits per heavy atom. The number of rotatable bonds is 4. The number of hydrogen-bond acceptors (Lipinski definition) is 5. The van der Waals surface area contributed by atoms with Gasteiger partial charge < -0.3 is 15.0 Å². The summed E-state index contributed by atoms with van der Waals surface area (Å²) in [6.45, 7) is 0. The highest BCUT2D eigenvalue weighted by Gasteiger charge is 2.27. The Labute approximate surface area is 133 Å². The molecule has 1 aliphatic rings. The number of nitrogens with one attached hydrogen (secondary N) is 1. The second-order valence-electron chi connectivity index (χ2n) is 5.27. The number of thiophene rings is 1. The van der Waals surface area contributed by atoms with Gasteiger partial charge in [-0.25, -0.2) is 4.98 Å². The molecule has 0 aliphatic heterocycles. The third-order valence-electron chi connectivity index (χ3n) is 3.74. The zero-order valence-electron chi connectivity index (χ0n) is 12.3. The van der Waals surface area contributed by atoms with Gasteiger partial charge in [-0.15, -0.1) is 11.3 Å². The summed E-state index contributed by atoms with van der Waals surface area (Å²) < 4.78 is 6.27. The van der Waals surface area contributed by atoms with E-state index in [9.17, 15) is 0 Å². The summed E-state index contributed by atoms with van der Waals surface area (Å²) in [4.78, 5) is 7.75. The van der Waals surface area contributed by atoms with Gasteiger partial charge in [-0.1, -0.05) is 11.6 Å². The maximum Gasteiger partial charge on any atom is 0.239 e. The number of anilines is 2. The monoisotopic (exact) mass is 323 g/mol. The molecule has 3 rings (SSSR count). The molecular formula is C15H18ClN3OS. The number of pyridine rings is 1. The maximum atomic E-state index is 6.13. The predicted molar refractivity (Wildman–Crippen MR) is 89.1 cm³/mol. The number of nitrogens with zero attached hydrogens (tertiary/aromatic N) is 2. The van der Waals surface area contributed by atoms with Crippen molar-refractivity contribution >= 4 is 34.3 Å². The molecule has 1 atom stereocenters. The van der Waals surface area contributed by atoms with Gasteiger partial charge in [0.25, 0.3) is 0 Å². The molecule has 1 N–H and O–H groups in total. The van der Waals surface area contributed by atoms with Crippen LogP contribution < -0.4 is 15.0 Å². The van der Waals surface area contributed by atoms with Gasteiger partial charge in [0.2, 0.25) is 5.88 Å². The van der Waals surface area contributed by atoms with Crippen molar-refractivity contribution in [3.05, 3.63) is 33.1 Å². The number of aryl methyl sites for hydroxylation is 1. The third kappa shape index (κ3) is 2.68. The standard InChI is InChI=1S/C15H18ClN3OS/c1-19(2)11-6-7-17-15(20-3)14(11)18-10-4-5-12-9(10)8-13(16)21-12/h6-8,10,18H,4-5H2,1-3H3. The molecular weight excluding hydrogens is 306 g/mol. The van der Waals surface area contributed by atoms with Crippen molar-refractivity contribution in [2.75, 3.05) is 31.4 Å². The minimum atomic E-state index is 0.264. The molecule has 112 valence electrons. The number of hydrogen-bond donors (Lipinski definition) is 1. The predicted octanol–water partition coefficient (Wildman–Crippen LogP) is 3.97.